The Kier molecular flexibility index (Phi) is 6.58. The second-order valence-electron chi connectivity index (χ2n) is 10.6. The number of carbonyl (C=O) groups is 2. The molecule has 2 aromatic carbocycles. The molecule has 0 aliphatic carbocycles. The molecule has 0 atom stereocenters. The van der Waals surface area contributed by atoms with E-state index in [1.807, 2.05) is 36.4 Å². The van der Waals surface area contributed by atoms with Gasteiger partial charge in [-0.25, -0.2) is 9.59 Å². The van der Waals surface area contributed by atoms with Crippen LogP contribution in [0.3, 0.4) is 0 Å². The van der Waals surface area contributed by atoms with Gasteiger partial charge in [-0.05, 0) is 89.6 Å². The first-order valence-corrected chi connectivity index (χ1v) is 12.1. The Bertz CT molecular complexity index is 1060. The topological polar surface area (TPSA) is 82.7 Å². The Balaban J connectivity index is 1.69. The van der Waals surface area contributed by atoms with Crippen molar-refractivity contribution in [1.29, 1.82) is 0 Å². The van der Waals surface area contributed by atoms with E-state index in [4.69, 9.17) is 4.74 Å². The number of amides is 3. The van der Waals surface area contributed by atoms with E-state index in [2.05, 4.69) is 49.7 Å². The number of para-hydroxylation sites is 1. The molecule has 1 saturated heterocycles. The highest BCUT2D eigenvalue weighted by Gasteiger charge is 2.39. The summed E-state index contributed by atoms with van der Waals surface area (Å²) >= 11 is 0. The molecule has 7 nitrogen and oxygen atoms in total. The van der Waals surface area contributed by atoms with Gasteiger partial charge in [-0.3, -0.25) is 10.2 Å². The van der Waals surface area contributed by atoms with E-state index in [-0.39, 0.29) is 23.2 Å². The number of benzene rings is 2. The van der Waals surface area contributed by atoms with Crippen LogP contribution < -0.4 is 20.9 Å². The third-order valence-electron chi connectivity index (χ3n) is 6.47. The minimum atomic E-state index is -0.508. The van der Waals surface area contributed by atoms with E-state index in [9.17, 15) is 9.59 Å². The average Bonchev–Trinajstić information content (AvgIpc) is 2.88. The summed E-state index contributed by atoms with van der Waals surface area (Å²) in [4.78, 5) is 27.7. The summed E-state index contributed by atoms with van der Waals surface area (Å²) in [6.07, 6.45) is 2.82. The van der Waals surface area contributed by atoms with Gasteiger partial charge in [-0.2, -0.15) is 0 Å². The molecule has 2 aliphatic rings. The second-order valence-corrected chi connectivity index (χ2v) is 10.6. The van der Waals surface area contributed by atoms with Crippen LogP contribution in [0.5, 0.6) is 0 Å². The fraction of sp³-hybridized carbons (Fsp3) is 0.481. The zero-order valence-electron chi connectivity index (χ0n) is 20.8. The second kappa shape index (κ2) is 9.29. The normalized spacial score (nSPS) is 18.8. The van der Waals surface area contributed by atoms with Gasteiger partial charge in [0.2, 0.25) is 0 Å². The van der Waals surface area contributed by atoms with Gasteiger partial charge >= 0.3 is 12.1 Å². The molecule has 7 heteroatoms. The molecule has 2 aliphatic heterocycles. The summed E-state index contributed by atoms with van der Waals surface area (Å²) < 4.78 is 5.04. The first kappa shape index (κ1) is 24.1. The molecule has 182 valence electrons. The maximum Gasteiger partial charge on any atom is 0.411 e. The molecule has 2 aromatic rings. The molecular weight excluding hydrogens is 428 g/mol. The molecule has 2 heterocycles. The maximum atomic E-state index is 13.9. The van der Waals surface area contributed by atoms with E-state index >= 15 is 0 Å². The zero-order valence-corrected chi connectivity index (χ0v) is 20.8. The van der Waals surface area contributed by atoms with Crippen molar-refractivity contribution >= 4 is 29.2 Å². The van der Waals surface area contributed by atoms with Gasteiger partial charge in [0.25, 0.3) is 0 Å². The minimum Gasteiger partial charge on any atom is -0.450 e. The number of rotatable bonds is 3. The Hall–Kier alpha value is -3.06. The molecule has 1 fully saturated rings. The zero-order chi connectivity index (χ0) is 24.5. The summed E-state index contributed by atoms with van der Waals surface area (Å²) in [5, 5.41) is 9.77. The van der Waals surface area contributed by atoms with Gasteiger partial charge in [-0.1, -0.05) is 24.3 Å². The van der Waals surface area contributed by atoms with Crippen molar-refractivity contribution in [3.05, 3.63) is 53.6 Å². The van der Waals surface area contributed by atoms with Crippen LogP contribution in [0.15, 0.2) is 42.5 Å². The average molecular weight is 465 g/mol. The molecule has 0 aromatic heterocycles. The number of piperidine rings is 1. The van der Waals surface area contributed by atoms with E-state index in [1.165, 1.54) is 0 Å². The van der Waals surface area contributed by atoms with Crippen molar-refractivity contribution < 1.29 is 14.3 Å². The third kappa shape index (κ3) is 5.36. The minimum absolute atomic E-state index is 0.0402. The lowest BCUT2D eigenvalue weighted by molar-refractivity contribution is 0.149. The molecule has 0 spiro atoms. The van der Waals surface area contributed by atoms with Gasteiger partial charge < -0.3 is 15.4 Å². The largest absolute Gasteiger partial charge is 0.450 e. The van der Waals surface area contributed by atoms with E-state index < -0.39 is 6.09 Å². The molecule has 0 saturated carbocycles. The summed E-state index contributed by atoms with van der Waals surface area (Å²) in [5.74, 6) is 0. The number of nitrogens with one attached hydrogen (secondary N) is 3. The quantitative estimate of drug-likeness (QED) is 0.559. The molecular formula is C27H36N4O3. The van der Waals surface area contributed by atoms with Crippen molar-refractivity contribution in [3.8, 4) is 0 Å². The number of urea groups is 1. The Labute approximate surface area is 202 Å². The predicted molar refractivity (Wildman–Crippen MR) is 136 cm³/mol. The maximum absolute atomic E-state index is 13.9. The molecule has 3 N–H and O–H groups in total. The standard InChI is InChI=1S/C27H36N4O3/c1-6-34-25(33)29-20-14-13-19-12-11-18-9-7-8-10-22(18)31(23(19)15-20)24(32)28-21-16-26(2,3)30-27(4,5)17-21/h7-10,13-15,21,30H,6,11-12,16-17H2,1-5H3,(H,28,32)(H,29,33). The summed E-state index contributed by atoms with van der Waals surface area (Å²) in [5.41, 5.74) is 4.28. The number of anilines is 3. The lowest BCUT2D eigenvalue weighted by atomic mass is 9.79. The van der Waals surface area contributed by atoms with Crippen molar-refractivity contribution in [2.24, 2.45) is 0 Å². The van der Waals surface area contributed by atoms with E-state index in [1.54, 1.807) is 11.8 Å². The Morgan fingerprint density at radius 2 is 1.65 bits per heavy atom. The Morgan fingerprint density at radius 3 is 2.32 bits per heavy atom. The van der Waals surface area contributed by atoms with E-state index in [0.29, 0.717) is 12.3 Å². The highest BCUT2D eigenvalue weighted by molar-refractivity contribution is 6.02. The van der Waals surface area contributed by atoms with Crippen LogP contribution in [0, 0.1) is 0 Å². The molecule has 3 amide bonds. The van der Waals surface area contributed by atoms with Crippen LogP contribution in [0.4, 0.5) is 26.7 Å². The monoisotopic (exact) mass is 464 g/mol. The van der Waals surface area contributed by atoms with Crippen LogP contribution in [-0.2, 0) is 17.6 Å². The van der Waals surface area contributed by atoms with Gasteiger partial charge in [0.15, 0.2) is 0 Å². The smallest absolute Gasteiger partial charge is 0.411 e. The van der Waals surface area contributed by atoms with Crippen LogP contribution in [0.25, 0.3) is 0 Å². The summed E-state index contributed by atoms with van der Waals surface area (Å²) in [6.45, 7) is 10.8. The van der Waals surface area contributed by atoms with Gasteiger partial charge in [0, 0.05) is 22.8 Å². The van der Waals surface area contributed by atoms with Crippen LogP contribution in [0.2, 0.25) is 0 Å². The SMILES string of the molecule is CCOC(=O)Nc1ccc2c(c1)N(C(=O)NC1CC(C)(C)NC(C)(C)C1)c1ccccc1CC2. The Morgan fingerprint density at radius 1 is 1.00 bits per heavy atom. The van der Waals surface area contributed by atoms with Gasteiger partial charge in [0.05, 0.1) is 18.0 Å². The first-order valence-electron chi connectivity index (χ1n) is 12.1. The fourth-order valence-electron chi connectivity index (χ4n) is 5.57. The van der Waals surface area contributed by atoms with Crippen LogP contribution in [-0.4, -0.2) is 35.9 Å². The fourth-order valence-corrected chi connectivity index (χ4v) is 5.57. The summed E-state index contributed by atoms with van der Waals surface area (Å²) in [7, 11) is 0. The molecule has 0 bridgehead atoms. The van der Waals surface area contributed by atoms with Crippen molar-refractivity contribution in [2.75, 3.05) is 16.8 Å². The number of ether oxygens (including phenoxy) is 1. The molecule has 4 rings (SSSR count). The number of fused-ring (bicyclic) bond motifs is 2. The molecule has 0 unspecified atom stereocenters. The molecule has 0 radical (unpaired) electrons. The third-order valence-corrected chi connectivity index (χ3v) is 6.47. The molecule has 34 heavy (non-hydrogen) atoms. The number of nitrogens with zero attached hydrogens (tertiary/aromatic N) is 1. The number of aryl methyl sites for hydroxylation is 2. The predicted octanol–water partition coefficient (Wildman–Crippen LogP) is 5.51. The number of carbonyl (C=O) groups excluding carboxylic acids is 2. The van der Waals surface area contributed by atoms with Crippen molar-refractivity contribution in [1.82, 2.24) is 10.6 Å². The summed E-state index contributed by atoms with van der Waals surface area (Å²) in [6, 6.07) is 13.6. The van der Waals surface area contributed by atoms with Crippen LogP contribution in [0.1, 0.15) is 58.6 Å². The lowest BCUT2D eigenvalue weighted by Gasteiger charge is -2.47. The van der Waals surface area contributed by atoms with Gasteiger partial charge in [-0.15, -0.1) is 0 Å². The lowest BCUT2D eigenvalue weighted by Crippen LogP contribution is -2.62. The number of hydrogen-bond acceptors (Lipinski definition) is 4. The first-order chi connectivity index (χ1) is 16.1. The highest BCUT2D eigenvalue weighted by Crippen LogP contribution is 2.38. The van der Waals surface area contributed by atoms with Gasteiger partial charge in [0.1, 0.15) is 0 Å². The van der Waals surface area contributed by atoms with Crippen LogP contribution >= 0.6 is 0 Å². The van der Waals surface area contributed by atoms with Crippen molar-refractivity contribution in [2.45, 2.75) is 77.4 Å². The number of hydrogen-bond donors (Lipinski definition) is 3. The van der Waals surface area contributed by atoms with Crippen molar-refractivity contribution in [3.63, 3.8) is 0 Å². The van der Waals surface area contributed by atoms with E-state index in [0.717, 1.165) is 48.2 Å². The highest BCUT2D eigenvalue weighted by atomic mass is 16.5.